The van der Waals surface area contributed by atoms with Crippen LogP contribution in [0.3, 0.4) is 0 Å². The molecule has 0 fully saturated rings. The van der Waals surface area contributed by atoms with E-state index in [4.69, 9.17) is 13.6 Å². The molecule has 0 amide bonds. The average Bonchev–Trinajstić information content (AvgIpc) is 2.85. The van der Waals surface area contributed by atoms with E-state index >= 15 is 0 Å². The zero-order valence-electron chi connectivity index (χ0n) is 8.76. The van der Waals surface area contributed by atoms with Crippen LogP contribution >= 0.6 is 0 Å². The third-order valence-electron chi connectivity index (χ3n) is 1.68. The Labute approximate surface area is 90.4 Å². The fourth-order valence-electron chi connectivity index (χ4n) is 1.04. The molecule has 0 aliphatic carbocycles. The maximum absolute atomic E-state index is 11.2. The second kappa shape index (κ2) is 4.13. The van der Waals surface area contributed by atoms with Gasteiger partial charge in [-0.1, -0.05) is 0 Å². The number of aryl methyl sites for hydroxylation is 1. The lowest BCUT2D eigenvalue weighted by atomic mass is 10.6. The smallest absolute Gasteiger partial charge is 0.396 e. The molecule has 0 radical (unpaired) electrons. The van der Waals surface area contributed by atoms with Crippen molar-refractivity contribution >= 4 is 5.97 Å². The minimum atomic E-state index is -0.662. The minimum absolute atomic E-state index is 0.0520. The normalized spacial score (nSPS) is 10.4. The summed E-state index contributed by atoms with van der Waals surface area (Å²) >= 11 is 0. The van der Waals surface area contributed by atoms with Gasteiger partial charge in [-0.25, -0.2) is 9.78 Å². The number of hydrogen-bond donors (Lipinski definition) is 0. The van der Waals surface area contributed by atoms with Crippen molar-refractivity contribution in [1.29, 1.82) is 0 Å². The van der Waals surface area contributed by atoms with Crippen molar-refractivity contribution in [2.24, 2.45) is 0 Å². The Morgan fingerprint density at radius 1 is 1.38 bits per heavy atom. The number of esters is 1. The van der Waals surface area contributed by atoms with Crippen molar-refractivity contribution in [3.8, 4) is 11.8 Å². The summed E-state index contributed by atoms with van der Waals surface area (Å²) in [7, 11) is 0. The number of hydrogen-bond acceptors (Lipinski definition) is 7. The molecule has 0 aliphatic heterocycles. The fourth-order valence-corrected chi connectivity index (χ4v) is 1.04. The molecule has 0 atom stereocenters. The second-order valence-electron chi connectivity index (χ2n) is 2.91. The second-order valence-corrected chi connectivity index (χ2v) is 2.91. The molecule has 0 N–H and O–H groups in total. The highest BCUT2D eigenvalue weighted by Crippen LogP contribution is 2.17. The number of ether oxygens (including phenoxy) is 1. The molecule has 0 unspecified atom stereocenters. The maximum Gasteiger partial charge on any atom is 0.396 e. The number of rotatable bonds is 3. The standard InChI is InChI=1S/C9H9N3O4/c1-3-14-9(13)8-12-11-7(16-8)6-10-4-5(2)15-6/h4H,3H2,1-2H3. The van der Waals surface area contributed by atoms with Crippen molar-refractivity contribution in [3.05, 3.63) is 17.8 Å². The number of oxazole rings is 1. The molecular formula is C9H9N3O4. The van der Waals surface area contributed by atoms with Crippen molar-refractivity contribution in [3.63, 3.8) is 0 Å². The highest BCUT2D eigenvalue weighted by molar-refractivity contribution is 5.84. The molecule has 7 nitrogen and oxygen atoms in total. The van der Waals surface area contributed by atoms with Gasteiger partial charge in [0.2, 0.25) is 0 Å². The van der Waals surface area contributed by atoms with E-state index in [0.717, 1.165) is 0 Å². The van der Waals surface area contributed by atoms with Crippen LogP contribution in [0.2, 0.25) is 0 Å². The van der Waals surface area contributed by atoms with E-state index in [1.807, 2.05) is 0 Å². The van der Waals surface area contributed by atoms with Crippen molar-refractivity contribution in [2.45, 2.75) is 13.8 Å². The minimum Gasteiger partial charge on any atom is -0.459 e. The summed E-state index contributed by atoms with van der Waals surface area (Å²) in [6.45, 7) is 3.67. The molecule has 0 saturated carbocycles. The van der Waals surface area contributed by atoms with E-state index in [1.54, 1.807) is 13.8 Å². The molecule has 2 aromatic heterocycles. The number of aromatic nitrogens is 3. The van der Waals surface area contributed by atoms with Gasteiger partial charge in [-0.15, -0.1) is 10.2 Å². The van der Waals surface area contributed by atoms with Crippen LogP contribution in [0, 0.1) is 6.92 Å². The van der Waals surface area contributed by atoms with E-state index in [-0.39, 0.29) is 24.3 Å². The van der Waals surface area contributed by atoms with E-state index < -0.39 is 5.97 Å². The van der Waals surface area contributed by atoms with Gasteiger partial charge in [-0.2, -0.15) is 0 Å². The molecule has 0 bridgehead atoms. The Kier molecular flexibility index (Phi) is 2.67. The van der Waals surface area contributed by atoms with Crippen LogP contribution in [0.4, 0.5) is 0 Å². The first-order valence-electron chi connectivity index (χ1n) is 4.64. The van der Waals surface area contributed by atoms with Crippen LogP contribution in [-0.4, -0.2) is 27.8 Å². The molecule has 0 aromatic carbocycles. The quantitative estimate of drug-likeness (QED) is 0.722. The van der Waals surface area contributed by atoms with Gasteiger partial charge in [0.1, 0.15) is 5.76 Å². The first-order chi connectivity index (χ1) is 7.70. The van der Waals surface area contributed by atoms with Crippen molar-refractivity contribution < 1.29 is 18.4 Å². The zero-order valence-corrected chi connectivity index (χ0v) is 8.76. The Hall–Kier alpha value is -2.18. The summed E-state index contributed by atoms with van der Waals surface area (Å²) in [6.07, 6.45) is 1.52. The van der Waals surface area contributed by atoms with Crippen LogP contribution in [0.15, 0.2) is 15.0 Å². The fraction of sp³-hybridized carbons (Fsp3) is 0.333. The van der Waals surface area contributed by atoms with Gasteiger partial charge in [0, 0.05) is 0 Å². The molecule has 84 valence electrons. The van der Waals surface area contributed by atoms with Crippen LogP contribution in [0.1, 0.15) is 23.4 Å². The van der Waals surface area contributed by atoms with Crippen LogP contribution in [0.5, 0.6) is 0 Å². The van der Waals surface area contributed by atoms with Crippen LogP contribution in [0.25, 0.3) is 11.8 Å². The lowest BCUT2D eigenvalue weighted by Gasteiger charge is -1.93. The third kappa shape index (κ3) is 1.92. The summed E-state index contributed by atoms with van der Waals surface area (Å²) in [4.78, 5) is 15.1. The highest BCUT2D eigenvalue weighted by Gasteiger charge is 2.19. The summed E-state index contributed by atoms with van der Waals surface area (Å²) in [6, 6.07) is 0. The Balaban J connectivity index is 2.22. The van der Waals surface area contributed by atoms with Crippen LogP contribution < -0.4 is 0 Å². The maximum atomic E-state index is 11.2. The third-order valence-corrected chi connectivity index (χ3v) is 1.68. The predicted octanol–water partition coefficient (Wildman–Crippen LogP) is 1.21. The molecule has 0 aliphatic rings. The van der Waals surface area contributed by atoms with Gasteiger partial charge in [0.05, 0.1) is 12.8 Å². The largest absolute Gasteiger partial charge is 0.459 e. The number of carbonyl (C=O) groups excluding carboxylic acids is 1. The van der Waals surface area contributed by atoms with Gasteiger partial charge < -0.3 is 13.6 Å². The average molecular weight is 223 g/mol. The lowest BCUT2D eigenvalue weighted by Crippen LogP contribution is -2.04. The highest BCUT2D eigenvalue weighted by atomic mass is 16.5. The van der Waals surface area contributed by atoms with Gasteiger partial charge >= 0.3 is 17.8 Å². The molecule has 2 rings (SSSR count). The Bertz CT molecular complexity index is 502. The summed E-state index contributed by atoms with van der Waals surface area (Å²) in [5, 5.41) is 7.16. The molecule has 16 heavy (non-hydrogen) atoms. The Morgan fingerprint density at radius 3 is 2.81 bits per heavy atom. The van der Waals surface area contributed by atoms with Gasteiger partial charge in [-0.05, 0) is 13.8 Å². The SMILES string of the molecule is CCOC(=O)c1nnc(-c2ncc(C)o2)o1. The van der Waals surface area contributed by atoms with E-state index in [9.17, 15) is 4.79 Å². The van der Waals surface area contributed by atoms with E-state index in [1.165, 1.54) is 6.20 Å². The van der Waals surface area contributed by atoms with E-state index in [0.29, 0.717) is 5.76 Å². The molecule has 0 spiro atoms. The zero-order chi connectivity index (χ0) is 11.5. The first kappa shape index (κ1) is 10.3. The lowest BCUT2D eigenvalue weighted by molar-refractivity contribution is 0.0481. The molecule has 7 heteroatoms. The number of carbonyl (C=O) groups is 1. The summed E-state index contributed by atoms with van der Waals surface area (Å²) in [5.41, 5.74) is 0. The molecule has 2 aromatic rings. The van der Waals surface area contributed by atoms with Gasteiger partial charge in [0.25, 0.3) is 5.89 Å². The first-order valence-corrected chi connectivity index (χ1v) is 4.64. The molecule has 2 heterocycles. The van der Waals surface area contributed by atoms with Crippen LogP contribution in [-0.2, 0) is 4.74 Å². The topological polar surface area (TPSA) is 91.2 Å². The molecule has 0 saturated heterocycles. The predicted molar refractivity (Wildman–Crippen MR) is 50.5 cm³/mol. The van der Waals surface area contributed by atoms with Crippen molar-refractivity contribution in [1.82, 2.24) is 15.2 Å². The summed E-state index contributed by atoms with van der Waals surface area (Å²) < 4.78 is 14.9. The Morgan fingerprint density at radius 2 is 2.19 bits per heavy atom. The van der Waals surface area contributed by atoms with Gasteiger partial charge in [-0.3, -0.25) is 0 Å². The van der Waals surface area contributed by atoms with Gasteiger partial charge in [0.15, 0.2) is 0 Å². The van der Waals surface area contributed by atoms with E-state index in [2.05, 4.69) is 15.2 Å². The summed E-state index contributed by atoms with van der Waals surface area (Å²) in [5.74, 6) is -0.0279. The monoisotopic (exact) mass is 223 g/mol. The van der Waals surface area contributed by atoms with Crippen molar-refractivity contribution in [2.75, 3.05) is 6.61 Å². The number of nitrogens with zero attached hydrogens (tertiary/aromatic N) is 3. The molecular weight excluding hydrogens is 214 g/mol.